The lowest BCUT2D eigenvalue weighted by molar-refractivity contribution is -0.143. The molecule has 1 saturated carbocycles. The molecule has 0 bridgehead atoms. The van der Waals surface area contributed by atoms with Gasteiger partial charge in [-0.1, -0.05) is 43.7 Å². The Hall–Kier alpha value is -1.31. The van der Waals surface area contributed by atoms with E-state index in [1.807, 2.05) is 39.0 Å². The lowest BCUT2D eigenvalue weighted by atomic mass is 9.95. The molecule has 16 heavy (non-hydrogen) atoms. The summed E-state index contributed by atoms with van der Waals surface area (Å²) in [6.07, 6.45) is 1.84. The maximum atomic E-state index is 11.6. The van der Waals surface area contributed by atoms with Crippen LogP contribution in [-0.2, 0) is 14.9 Å². The van der Waals surface area contributed by atoms with Crippen molar-refractivity contribution in [2.24, 2.45) is 0 Å². The third-order valence-electron chi connectivity index (χ3n) is 2.90. The van der Waals surface area contributed by atoms with Crippen LogP contribution in [0.4, 0.5) is 0 Å². The summed E-state index contributed by atoms with van der Waals surface area (Å²) in [5.74, 6) is -0.0944. The summed E-state index contributed by atoms with van der Waals surface area (Å²) in [6, 6.07) is 8.12. The van der Waals surface area contributed by atoms with E-state index < -0.39 is 0 Å². The maximum Gasteiger partial charge on any atom is 0.316 e. The number of hydrogen-bond donors (Lipinski definition) is 0. The number of esters is 1. The van der Waals surface area contributed by atoms with Crippen molar-refractivity contribution in [2.45, 2.75) is 39.0 Å². The number of methoxy groups -OCH3 is 1. The Morgan fingerprint density at radius 3 is 2.38 bits per heavy atom. The number of benzene rings is 1. The molecular weight excluding hydrogens is 200 g/mol. The molecule has 1 aromatic carbocycles. The highest BCUT2D eigenvalue weighted by Crippen LogP contribution is 2.49. The van der Waals surface area contributed by atoms with Crippen LogP contribution in [0.2, 0.25) is 0 Å². The lowest BCUT2D eigenvalue weighted by Crippen LogP contribution is -2.21. The second-order valence-electron chi connectivity index (χ2n) is 3.94. The van der Waals surface area contributed by atoms with Gasteiger partial charge in [-0.15, -0.1) is 0 Å². The summed E-state index contributed by atoms with van der Waals surface area (Å²) in [5, 5.41) is 0. The first-order valence-electron chi connectivity index (χ1n) is 5.84. The van der Waals surface area contributed by atoms with Gasteiger partial charge in [0.15, 0.2) is 0 Å². The Bertz CT molecular complexity index is 365. The van der Waals surface area contributed by atoms with Crippen molar-refractivity contribution in [2.75, 3.05) is 7.11 Å². The van der Waals surface area contributed by atoms with E-state index in [1.54, 1.807) is 0 Å². The first-order valence-corrected chi connectivity index (χ1v) is 5.84. The first-order chi connectivity index (χ1) is 7.69. The molecule has 2 rings (SSSR count). The predicted octanol–water partition coefficient (Wildman–Crippen LogP) is 3.23. The van der Waals surface area contributed by atoms with E-state index in [0.29, 0.717) is 0 Å². The molecule has 0 unspecified atom stereocenters. The van der Waals surface area contributed by atoms with E-state index in [1.165, 1.54) is 12.7 Å². The second-order valence-corrected chi connectivity index (χ2v) is 3.94. The van der Waals surface area contributed by atoms with Gasteiger partial charge in [-0.05, 0) is 25.3 Å². The molecule has 0 N–H and O–H groups in total. The number of rotatable bonds is 2. The minimum atomic E-state index is -0.319. The second kappa shape index (κ2) is 5.15. The molecule has 0 aromatic heterocycles. The van der Waals surface area contributed by atoms with Crippen LogP contribution in [0, 0.1) is 6.92 Å². The molecular formula is C14H20O2. The van der Waals surface area contributed by atoms with Gasteiger partial charge >= 0.3 is 5.97 Å². The monoisotopic (exact) mass is 220 g/mol. The highest BCUT2D eigenvalue weighted by atomic mass is 16.5. The summed E-state index contributed by atoms with van der Waals surface area (Å²) < 4.78 is 4.83. The molecule has 1 aliphatic rings. The molecule has 1 aliphatic carbocycles. The van der Waals surface area contributed by atoms with Crippen molar-refractivity contribution in [1.29, 1.82) is 0 Å². The average Bonchev–Trinajstić information content (AvgIpc) is 3.12. The number of ether oxygens (including phenoxy) is 1. The van der Waals surface area contributed by atoms with Crippen molar-refractivity contribution in [3.05, 3.63) is 35.4 Å². The van der Waals surface area contributed by atoms with Gasteiger partial charge in [0, 0.05) is 0 Å². The Morgan fingerprint density at radius 1 is 1.31 bits per heavy atom. The largest absolute Gasteiger partial charge is 0.468 e. The van der Waals surface area contributed by atoms with Crippen LogP contribution in [0.1, 0.15) is 37.8 Å². The maximum absolute atomic E-state index is 11.6. The van der Waals surface area contributed by atoms with E-state index in [2.05, 4.69) is 6.07 Å². The van der Waals surface area contributed by atoms with Crippen molar-refractivity contribution in [3.8, 4) is 0 Å². The summed E-state index contributed by atoms with van der Waals surface area (Å²) in [7, 11) is 1.46. The van der Waals surface area contributed by atoms with E-state index in [4.69, 9.17) is 4.74 Å². The molecule has 1 aromatic rings. The Balaban J connectivity index is 0.000000606. The molecule has 2 nitrogen and oxygen atoms in total. The van der Waals surface area contributed by atoms with Crippen LogP contribution in [0.5, 0.6) is 0 Å². The van der Waals surface area contributed by atoms with Gasteiger partial charge in [0.2, 0.25) is 0 Å². The molecule has 0 radical (unpaired) electrons. The fourth-order valence-corrected chi connectivity index (χ4v) is 1.87. The zero-order valence-corrected chi connectivity index (χ0v) is 10.5. The summed E-state index contributed by atoms with van der Waals surface area (Å²) >= 11 is 0. The smallest absolute Gasteiger partial charge is 0.316 e. The third-order valence-corrected chi connectivity index (χ3v) is 2.90. The highest BCUT2D eigenvalue weighted by molar-refractivity contribution is 5.86. The lowest BCUT2D eigenvalue weighted by Gasteiger charge is -2.13. The minimum absolute atomic E-state index is 0.0944. The summed E-state index contributed by atoms with van der Waals surface area (Å²) in [6.45, 7) is 6.04. The molecule has 0 aliphatic heterocycles. The average molecular weight is 220 g/mol. The Kier molecular flexibility index (Phi) is 4.11. The van der Waals surface area contributed by atoms with Gasteiger partial charge < -0.3 is 4.74 Å². The van der Waals surface area contributed by atoms with E-state index >= 15 is 0 Å². The van der Waals surface area contributed by atoms with Gasteiger partial charge in [-0.3, -0.25) is 4.79 Å². The van der Waals surface area contributed by atoms with E-state index in [0.717, 1.165) is 18.4 Å². The van der Waals surface area contributed by atoms with Crippen molar-refractivity contribution in [3.63, 3.8) is 0 Å². The van der Waals surface area contributed by atoms with Gasteiger partial charge in [-0.2, -0.15) is 0 Å². The molecule has 1 fully saturated rings. The van der Waals surface area contributed by atoms with E-state index in [-0.39, 0.29) is 11.4 Å². The van der Waals surface area contributed by atoms with Gasteiger partial charge in [-0.25, -0.2) is 0 Å². The highest BCUT2D eigenvalue weighted by Gasteiger charge is 2.52. The van der Waals surface area contributed by atoms with Crippen molar-refractivity contribution in [1.82, 2.24) is 0 Å². The molecule has 0 amide bonds. The van der Waals surface area contributed by atoms with Crippen molar-refractivity contribution >= 4 is 5.97 Å². The van der Waals surface area contributed by atoms with Gasteiger partial charge in [0.1, 0.15) is 0 Å². The zero-order chi connectivity index (χ0) is 12.2. The molecule has 0 atom stereocenters. The fourth-order valence-electron chi connectivity index (χ4n) is 1.87. The van der Waals surface area contributed by atoms with Crippen LogP contribution in [0.3, 0.4) is 0 Å². The summed E-state index contributed by atoms with van der Waals surface area (Å²) in [5.41, 5.74) is 1.97. The number of carbonyl (C=O) groups excluding carboxylic acids is 1. The fraction of sp³-hybridized carbons (Fsp3) is 0.500. The van der Waals surface area contributed by atoms with Crippen LogP contribution >= 0.6 is 0 Å². The summed E-state index contributed by atoms with van der Waals surface area (Å²) in [4.78, 5) is 11.6. The molecule has 88 valence electrons. The zero-order valence-electron chi connectivity index (χ0n) is 10.5. The van der Waals surface area contributed by atoms with Crippen LogP contribution in [0.15, 0.2) is 24.3 Å². The Morgan fingerprint density at radius 2 is 1.94 bits per heavy atom. The van der Waals surface area contributed by atoms with E-state index in [9.17, 15) is 4.79 Å². The SMILES string of the molecule is CC.COC(=O)C1(c2cccc(C)c2)CC1. The number of hydrogen-bond acceptors (Lipinski definition) is 2. The quantitative estimate of drug-likeness (QED) is 0.715. The molecule has 0 saturated heterocycles. The molecule has 2 heteroatoms. The number of carbonyl (C=O) groups is 1. The predicted molar refractivity (Wildman–Crippen MR) is 65.5 cm³/mol. The van der Waals surface area contributed by atoms with Gasteiger partial charge in [0.05, 0.1) is 12.5 Å². The number of aryl methyl sites for hydroxylation is 1. The minimum Gasteiger partial charge on any atom is -0.468 e. The standard InChI is InChI=1S/C12H14O2.C2H6/c1-9-4-3-5-10(8-9)12(6-7-12)11(13)14-2;1-2/h3-5,8H,6-7H2,1-2H3;1-2H3. The topological polar surface area (TPSA) is 26.3 Å². The first kappa shape index (κ1) is 12.8. The Labute approximate surface area is 97.6 Å². The van der Waals surface area contributed by atoms with Gasteiger partial charge in [0.25, 0.3) is 0 Å². The van der Waals surface area contributed by atoms with Crippen molar-refractivity contribution < 1.29 is 9.53 Å². The third kappa shape index (κ3) is 2.26. The molecule has 0 heterocycles. The molecule has 0 spiro atoms. The van der Waals surface area contributed by atoms with Crippen LogP contribution < -0.4 is 0 Å². The van der Waals surface area contributed by atoms with Crippen LogP contribution in [0.25, 0.3) is 0 Å². The van der Waals surface area contributed by atoms with Crippen LogP contribution in [-0.4, -0.2) is 13.1 Å². The normalized spacial score (nSPS) is 15.8.